The molecule has 3 nitrogen and oxygen atoms in total. The molecule has 6 heteroatoms. The van der Waals surface area contributed by atoms with E-state index in [9.17, 15) is 4.39 Å². The molecule has 1 aliphatic heterocycles. The van der Waals surface area contributed by atoms with Crippen LogP contribution in [0.4, 0.5) is 10.1 Å². The molecule has 0 fully saturated rings. The highest BCUT2D eigenvalue weighted by atomic mass is 32.2. The van der Waals surface area contributed by atoms with Crippen molar-refractivity contribution in [3.63, 3.8) is 0 Å². The third-order valence-electron chi connectivity index (χ3n) is 2.03. The summed E-state index contributed by atoms with van der Waals surface area (Å²) in [5.74, 6) is -0.351. The van der Waals surface area contributed by atoms with Crippen LogP contribution in [-0.4, -0.2) is 5.37 Å². The number of nitriles is 1. The Bertz CT molecular complexity index is 481. The predicted molar refractivity (Wildman–Crippen MR) is 66.2 cm³/mol. The summed E-state index contributed by atoms with van der Waals surface area (Å²) in [5.41, 5.74) is 0.818. The molecule has 2 N–H and O–H groups in total. The number of rotatable bonds is 2. The number of hydrogen-bond acceptors (Lipinski definition) is 5. The lowest BCUT2D eigenvalue weighted by molar-refractivity contribution is 0.631. The van der Waals surface area contributed by atoms with E-state index in [0.717, 1.165) is 0 Å². The first-order valence-corrected chi connectivity index (χ1v) is 5.82. The molecule has 0 saturated carbocycles. The van der Waals surface area contributed by atoms with E-state index in [4.69, 9.17) is 5.26 Å². The van der Waals surface area contributed by atoms with E-state index in [0.29, 0.717) is 16.3 Å². The highest BCUT2D eigenvalue weighted by Gasteiger charge is 2.23. The number of thiol groups is 1. The maximum Gasteiger partial charge on any atom is 0.146 e. The summed E-state index contributed by atoms with van der Waals surface area (Å²) in [5, 5.41) is 12.1. The van der Waals surface area contributed by atoms with Crippen molar-refractivity contribution in [1.29, 1.82) is 5.26 Å². The van der Waals surface area contributed by atoms with Crippen LogP contribution in [0.15, 0.2) is 34.9 Å². The fourth-order valence-corrected chi connectivity index (χ4v) is 2.46. The van der Waals surface area contributed by atoms with Crippen LogP contribution < -0.4 is 10.0 Å². The van der Waals surface area contributed by atoms with Crippen molar-refractivity contribution in [2.75, 3.05) is 5.32 Å². The van der Waals surface area contributed by atoms with Gasteiger partial charge in [0.15, 0.2) is 0 Å². The Hall–Kier alpha value is -1.16. The van der Waals surface area contributed by atoms with Crippen molar-refractivity contribution in [3.05, 3.63) is 40.7 Å². The highest BCUT2D eigenvalue weighted by Crippen LogP contribution is 2.31. The predicted octanol–water partition coefficient (Wildman–Crippen LogP) is 2.48. The van der Waals surface area contributed by atoms with E-state index < -0.39 is 0 Å². The second kappa shape index (κ2) is 4.78. The average molecular weight is 253 g/mol. The van der Waals surface area contributed by atoms with E-state index in [1.54, 1.807) is 18.2 Å². The van der Waals surface area contributed by atoms with E-state index >= 15 is 0 Å². The molecule has 0 aromatic heterocycles. The summed E-state index contributed by atoms with van der Waals surface area (Å²) >= 11 is 5.41. The monoisotopic (exact) mass is 253 g/mol. The molecular formula is C10H8FN3S2. The molecule has 82 valence electrons. The normalized spacial score (nSPS) is 19.7. The van der Waals surface area contributed by atoms with Crippen molar-refractivity contribution in [2.45, 2.75) is 5.37 Å². The molecule has 1 aliphatic rings. The smallest absolute Gasteiger partial charge is 0.146 e. The van der Waals surface area contributed by atoms with Crippen LogP contribution >= 0.6 is 24.6 Å². The average Bonchev–Trinajstić information content (AvgIpc) is 2.63. The second-order valence-electron chi connectivity index (χ2n) is 3.08. The number of halogens is 1. The first kappa shape index (κ1) is 11.3. The number of benzene rings is 1. The van der Waals surface area contributed by atoms with E-state index in [1.807, 2.05) is 6.07 Å². The lowest BCUT2D eigenvalue weighted by atomic mass is 10.3. The molecule has 1 unspecified atom stereocenters. The van der Waals surface area contributed by atoms with Gasteiger partial charge in [0, 0.05) is 0 Å². The van der Waals surface area contributed by atoms with Crippen molar-refractivity contribution >= 4 is 30.3 Å². The molecule has 0 bridgehead atoms. The number of anilines is 1. The molecule has 0 saturated heterocycles. The number of para-hydroxylation sites is 1. The first-order chi connectivity index (χ1) is 7.72. The van der Waals surface area contributed by atoms with E-state index in [1.165, 1.54) is 18.0 Å². The van der Waals surface area contributed by atoms with Crippen LogP contribution in [0.5, 0.6) is 0 Å². The molecule has 0 spiro atoms. The van der Waals surface area contributed by atoms with Gasteiger partial charge in [0.05, 0.1) is 16.6 Å². The Morgan fingerprint density at radius 1 is 1.50 bits per heavy atom. The van der Waals surface area contributed by atoms with Gasteiger partial charge in [-0.3, -0.25) is 0 Å². The van der Waals surface area contributed by atoms with Gasteiger partial charge in [0.2, 0.25) is 0 Å². The van der Waals surface area contributed by atoms with Crippen molar-refractivity contribution in [3.8, 4) is 6.07 Å². The lowest BCUT2D eigenvalue weighted by Crippen LogP contribution is -2.11. The summed E-state index contributed by atoms with van der Waals surface area (Å²) in [6.07, 6.45) is 0. The van der Waals surface area contributed by atoms with Crippen molar-refractivity contribution in [2.24, 2.45) is 0 Å². The van der Waals surface area contributed by atoms with Gasteiger partial charge in [0.1, 0.15) is 16.9 Å². The summed E-state index contributed by atoms with van der Waals surface area (Å²) in [4.78, 5) is 0. The maximum absolute atomic E-state index is 13.4. The largest absolute Gasteiger partial charge is 0.346 e. The Morgan fingerprint density at radius 3 is 2.94 bits per heavy atom. The van der Waals surface area contributed by atoms with E-state index in [-0.39, 0.29) is 11.2 Å². The molecule has 0 radical (unpaired) electrons. The van der Waals surface area contributed by atoms with Gasteiger partial charge in [-0.05, 0) is 24.1 Å². The lowest BCUT2D eigenvalue weighted by Gasteiger charge is -2.06. The standard InChI is InChI=1S/C10H8FN3S2/c11-7-3-1-2-4-8(7)13-10-6(5-12)9(15)14-16-10/h1-4,9,13-15H. The van der Waals surface area contributed by atoms with E-state index in [2.05, 4.69) is 22.7 Å². The minimum Gasteiger partial charge on any atom is -0.346 e. The van der Waals surface area contributed by atoms with Gasteiger partial charge >= 0.3 is 0 Å². The summed E-state index contributed by atoms with van der Waals surface area (Å²) in [6, 6.07) is 8.35. The van der Waals surface area contributed by atoms with Gasteiger partial charge in [-0.2, -0.15) is 17.9 Å². The van der Waals surface area contributed by atoms with Gasteiger partial charge in [0.25, 0.3) is 0 Å². The first-order valence-electron chi connectivity index (χ1n) is 4.48. The highest BCUT2D eigenvalue weighted by molar-refractivity contribution is 8.02. The molecule has 0 amide bonds. The van der Waals surface area contributed by atoms with Crippen LogP contribution in [-0.2, 0) is 0 Å². The SMILES string of the molecule is N#CC1=C(Nc2ccccc2F)SNC1S. The Labute approximate surface area is 102 Å². The second-order valence-corrected chi connectivity index (χ2v) is 4.45. The van der Waals surface area contributed by atoms with Crippen LogP contribution in [0.3, 0.4) is 0 Å². The molecular weight excluding hydrogens is 245 g/mol. The van der Waals surface area contributed by atoms with Crippen molar-refractivity contribution < 1.29 is 4.39 Å². The zero-order valence-corrected chi connectivity index (χ0v) is 9.78. The number of nitrogens with one attached hydrogen (secondary N) is 2. The minimum atomic E-state index is -0.351. The fourth-order valence-electron chi connectivity index (χ4n) is 1.24. The molecule has 1 aromatic carbocycles. The maximum atomic E-state index is 13.4. The molecule has 0 aliphatic carbocycles. The van der Waals surface area contributed by atoms with Crippen LogP contribution in [0.25, 0.3) is 0 Å². The van der Waals surface area contributed by atoms with Gasteiger partial charge in [-0.15, -0.1) is 0 Å². The fraction of sp³-hybridized carbons (Fsp3) is 0.100. The molecule has 16 heavy (non-hydrogen) atoms. The molecule has 1 aromatic rings. The number of nitrogens with zero attached hydrogens (tertiary/aromatic N) is 1. The molecule has 2 rings (SSSR count). The molecule has 1 atom stereocenters. The quantitative estimate of drug-likeness (QED) is 0.560. The van der Waals surface area contributed by atoms with Gasteiger partial charge in [-0.1, -0.05) is 12.1 Å². The Balaban J connectivity index is 2.26. The van der Waals surface area contributed by atoms with Gasteiger partial charge in [-0.25, -0.2) is 9.11 Å². The van der Waals surface area contributed by atoms with Crippen LogP contribution in [0.1, 0.15) is 0 Å². The van der Waals surface area contributed by atoms with Gasteiger partial charge < -0.3 is 5.32 Å². The Kier molecular flexibility index (Phi) is 3.39. The summed E-state index contributed by atoms with van der Waals surface area (Å²) in [7, 11) is 0. The molecule has 1 heterocycles. The summed E-state index contributed by atoms with van der Waals surface area (Å²) in [6.45, 7) is 0. The summed E-state index contributed by atoms with van der Waals surface area (Å²) < 4.78 is 16.3. The zero-order valence-electron chi connectivity index (χ0n) is 8.07. The van der Waals surface area contributed by atoms with Crippen molar-refractivity contribution in [1.82, 2.24) is 4.72 Å². The minimum absolute atomic E-state index is 0.315. The third-order valence-corrected chi connectivity index (χ3v) is 3.47. The third kappa shape index (κ3) is 2.16. The zero-order chi connectivity index (χ0) is 11.5. The number of hydrogen-bond donors (Lipinski definition) is 3. The topological polar surface area (TPSA) is 47.9 Å². The van der Waals surface area contributed by atoms with Crippen LogP contribution in [0, 0.1) is 17.1 Å². The van der Waals surface area contributed by atoms with Crippen LogP contribution in [0.2, 0.25) is 0 Å². The Morgan fingerprint density at radius 2 is 2.25 bits per heavy atom.